The van der Waals surface area contributed by atoms with E-state index in [-0.39, 0.29) is 5.04 Å². The molecule has 3 heteroatoms. The first kappa shape index (κ1) is 13.6. The fraction of sp³-hybridized carbons (Fsp3) is 0.462. The van der Waals surface area contributed by atoms with Crippen LogP contribution in [-0.4, -0.2) is 8.32 Å². The van der Waals surface area contributed by atoms with Crippen molar-refractivity contribution < 1.29 is 4.43 Å². The Kier molecular flexibility index (Phi) is 3.75. The standard InChI is InChI=1S/C13H20ClOSi/c1-10-7-8-12(11(14)9-10)15-16(5,6)13(2,3)4/h7-9H,1H2,2-6H3. The van der Waals surface area contributed by atoms with Gasteiger partial charge in [-0.25, -0.2) is 0 Å². The highest BCUT2D eigenvalue weighted by atomic mass is 35.5. The van der Waals surface area contributed by atoms with Crippen molar-refractivity contribution in [1.82, 2.24) is 0 Å². The predicted molar refractivity (Wildman–Crippen MR) is 73.7 cm³/mol. The Morgan fingerprint density at radius 1 is 1.25 bits per heavy atom. The van der Waals surface area contributed by atoms with E-state index >= 15 is 0 Å². The van der Waals surface area contributed by atoms with E-state index in [1.54, 1.807) is 0 Å². The number of hydrogen-bond acceptors (Lipinski definition) is 1. The quantitative estimate of drug-likeness (QED) is 0.683. The highest BCUT2D eigenvalue weighted by Gasteiger charge is 2.39. The highest BCUT2D eigenvalue weighted by Crippen LogP contribution is 2.39. The van der Waals surface area contributed by atoms with E-state index in [9.17, 15) is 0 Å². The van der Waals surface area contributed by atoms with Gasteiger partial charge in [0.25, 0.3) is 8.32 Å². The Morgan fingerprint density at radius 2 is 1.81 bits per heavy atom. The van der Waals surface area contributed by atoms with E-state index in [4.69, 9.17) is 16.0 Å². The SMILES string of the molecule is [CH2]c1ccc(O[Si](C)(C)C(C)(C)C)c(Cl)c1. The summed E-state index contributed by atoms with van der Waals surface area (Å²) in [6, 6.07) is 5.67. The van der Waals surface area contributed by atoms with Crippen LogP contribution in [0.5, 0.6) is 5.75 Å². The Balaban J connectivity index is 2.97. The van der Waals surface area contributed by atoms with E-state index in [1.807, 2.05) is 18.2 Å². The Hall–Kier alpha value is -0.473. The summed E-state index contributed by atoms with van der Waals surface area (Å²) in [5.41, 5.74) is 0.910. The van der Waals surface area contributed by atoms with Crippen molar-refractivity contribution >= 4 is 19.9 Å². The molecule has 1 nitrogen and oxygen atoms in total. The van der Waals surface area contributed by atoms with Crippen LogP contribution >= 0.6 is 11.6 Å². The second-order valence-electron chi connectivity index (χ2n) is 5.63. The first-order valence-corrected chi connectivity index (χ1v) is 8.73. The van der Waals surface area contributed by atoms with Crippen LogP contribution in [0.25, 0.3) is 0 Å². The first-order valence-electron chi connectivity index (χ1n) is 5.44. The molecule has 1 rings (SSSR count). The lowest BCUT2D eigenvalue weighted by Crippen LogP contribution is -2.43. The average Bonchev–Trinajstić information content (AvgIpc) is 2.08. The number of halogens is 1. The predicted octanol–water partition coefficient (Wildman–Crippen LogP) is 4.91. The zero-order chi connectivity index (χ0) is 12.6. The molecule has 0 aliphatic heterocycles. The average molecular weight is 256 g/mol. The minimum absolute atomic E-state index is 0.180. The molecule has 0 unspecified atom stereocenters. The summed E-state index contributed by atoms with van der Waals surface area (Å²) in [6.07, 6.45) is 0. The van der Waals surface area contributed by atoms with Crippen molar-refractivity contribution in [3.05, 3.63) is 35.7 Å². The molecule has 1 radical (unpaired) electrons. The van der Waals surface area contributed by atoms with Crippen molar-refractivity contribution in [1.29, 1.82) is 0 Å². The molecule has 0 aliphatic carbocycles. The van der Waals surface area contributed by atoms with E-state index < -0.39 is 8.32 Å². The summed E-state index contributed by atoms with van der Waals surface area (Å²) in [4.78, 5) is 0. The van der Waals surface area contributed by atoms with Crippen LogP contribution in [0.15, 0.2) is 18.2 Å². The molecule has 0 atom stereocenters. The minimum atomic E-state index is -1.80. The summed E-state index contributed by atoms with van der Waals surface area (Å²) in [6.45, 7) is 14.9. The Labute approximate surface area is 105 Å². The summed E-state index contributed by atoms with van der Waals surface area (Å²) < 4.78 is 6.13. The van der Waals surface area contributed by atoms with Crippen molar-refractivity contribution in [3.8, 4) is 5.75 Å². The van der Waals surface area contributed by atoms with Gasteiger partial charge in [-0.15, -0.1) is 0 Å². The van der Waals surface area contributed by atoms with Gasteiger partial charge in [0.1, 0.15) is 5.75 Å². The summed E-state index contributed by atoms with van der Waals surface area (Å²) in [7, 11) is -1.80. The molecule has 0 bridgehead atoms. The maximum atomic E-state index is 6.14. The molecule has 0 amide bonds. The van der Waals surface area contributed by atoms with Gasteiger partial charge in [-0.1, -0.05) is 38.4 Å². The van der Waals surface area contributed by atoms with E-state index in [1.165, 1.54) is 0 Å². The maximum Gasteiger partial charge on any atom is 0.250 e. The molecule has 0 spiro atoms. The van der Waals surface area contributed by atoms with Crippen LogP contribution in [-0.2, 0) is 0 Å². The van der Waals surface area contributed by atoms with Crippen LogP contribution in [0.3, 0.4) is 0 Å². The maximum absolute atomic E-state index is 6.14. The molecule has 89 valence electrons. The van der Waals surface area contributed by atoms with E-state index in [2.05, 4.69) is 40.8 Å². The molecule has 0 aliphatic rings. The second-order valence-corrected chi connectivity index (χ2v) is 10.8. The van der Waals surface area contributed by atoms with Crippen molar-refractivity contribution in [2.24, 2.45) is 0 Å². The third kappa shape index (κ3) is 3.02. The van der Waals surface area contributed by atoms with Gasteiger partial charge in [0.15, 0.2) is 0 Å². The first-order chi connectivity index (χ1) is 7.13. The molecule has 0 heterocycles. The normalized spacial score (nSPS) is 12.7. The van der Waals surface area contributed by atoms with Crippen LogP contribution in [0, 0.1) is 6.92 Å². The van der Waals surface area contributed by atoms with Gasteiger partial charge < -0.3 is 4.43 Å². The molecule has 0 N–H and O–H groups in total. The van der Waals surface area contributed by atoms with Crippen LogP contribution in [0.2, 0.25) is 23.2 Å². The summed E-state index contributed by atoms with van der Waals surface area (Å²) in [5.74, 6) is 0.778. The fourth-order valence-corrected chi connectivity index (χ4v) is 2.40. The van der Waals surface area contributed by atoms with Crippen molar-refractivity contribution in [2.45, 2.75) is 38.9 Å². The van der Waals surface area contributed by atoms with Gasteiger partial charge in [-0.05, 0) is 42.8 Å². The van der Waals surface area contributed by atoms with Crippen LogP contribution < -0.4 is 4.43 Å². The lowest BCUT2D eigenvalue weighted by Gasteiger charge is -2.36. The van der Waals surface area contributed by atoms with Gasteiger partial charge in [0.2, 0.25) is 0 Å². The zero-order valence-corrected chi connectivity index (χ0v) is 12.5. The Morgan fingerprint density at radius 3 is 2.25 bits per heavy atom. The molecule has 1 aromatic rings. The summed E-state index contributed by atoms with van der Waals surface area (Å²) >= 11 is 6.14. The largest absolute Gasteiger partial charge is 0.543 e. The van der Waals surface area contributed by atoms with Gasteiger partial charge in [0, 0.05) is 0 Å². The molecular weight excluding hydrogens is 236 g/mol. The second kappa shape index (κ2) is 4.42. The molecule has 0 aromatic heterocycles. The molecular formula is C13H20ClOSi. The Bertz CT molecular complexity index is 380. The molecule has 1 aromatic carbocycles. The number of rotatable bonds is 2. The van der Waals surface area contributed by atoms with Gasteiger partial charge in [0.05, 0.1) is 5.02 Å². The minimum Gasteiger partial charge on any atom is -0.543 e. The van der Waals surface area contributed by atoms with Gasteiger partial charge >= 0.3 is 0 Å². The van der Waals surface area contributed by atoms with Gasteiger partial charge in [-0.3, -0.25) is 0 Å². The topological polar surface area (TPSA) is 9.23 Å². The lowest BCUT2D eigenvalue weighted by atomic mass is 10.2. The molecule has 16 heavy (non-hydrogen) atoms. The smallest absolute Gasteiger partial charge is 0.250 e. The van der Waals surface area contributed by atoms with Crippen molar-refractivity contribution in [2.75, 3.05) is 0 Å². The number of hydrogen-bond donors (Lipinski definition) is 0. The summed E-state index contributed by atoms with van der Waals surface area (Å²) in [5, 5.41) is 0.830. The number of benzene rings is 1. The molecule has 0 fully saturated rings. The molecule has 0 saturated carbocycles. The third-order valence-electron chi connectivity index (χ3n) is 3.17. The van der Waals surface area contributed by atoms with E-state index in [0.717, 1.165) is 11.3 Å². The van der Waals surface area contributed by atoms with E-state index in [0.29, 0.717) is 5.02 Å². The highest BCUT2D eigenvalue weighted by molar-refractivity contribution is 6.74. The van der Waals surface area contributed by atoms with Gasteiger partial charge in [-0.2, -0.15) is 0 Å². The fourth-order valence-electron chi connectivity index (χ4n) is 1.06. The van der Waals surface area contributed by atoms with Crippen LogP contribution in [0.1, 0.15) is 26.3 Å². The monoisotopic (exact) mass is 255 g/mol. The molecule has 0 saturated heterocycles. The van der Waals surface area contributed by atoms with Crippen LogP contribution in [0.4, 0.5) is 0 Å². The van der Waals surface area contributed by atoms with Crippen molar-refractivity contribution in [3.63, 3.8) is 0 Å². The zero-order valence-electron chi connectivity index (χ0n) is 10.7. The third-order valence-corrected chi connectivity index (χ3v) is 7.81. The lowest BCUT2D eigenvalue weighted by molar-refractivity contribution is 0.492.